The molecule has 4 rings (SSSR count). The molecule has 24 heavy (non-hydrogen) atoms. The van der Waals surface area contributed by atoms with E-state index in [1.54, 1.807) is 0 Å². The van der Waals surface area contributed by atoms with Gasteiger partial charge in [0.15, 0.2) is 11.6 Å². The standard InChI is InChI=1S/C16H24N6O2/c1-3-13-17-15(23-19-13)11(2)22-8-6-21(7-9-22)10-14-18-16(24-20-14)12-4-5-12/h11-12H,3-10H2,1-2H3/t11-/m1/s1. The van der Waals surface area contributed by atoms with Crippen LogP contribution in [0.3, 0.4) is 0 Å². The topological polar surface area (TPSA) is 84.3 Å². The summed E-state index contributed by atoms with van der Waals surface area (Å²) in [5.74, 6) is 3.64. The second-order valence-corrected chi connectivity index (χ2v) is 6.71. The quantitative estimate of drug-likeness (QED) is 0.791. The van der Waals surface area contributed by atoms with E-state index in [1.807, 2.05) is 6.92 Å². The van der Waals surface area contributed by atoms with E-state index >= 15 is 0 Å². The summed E-state index contributed by atoms with van der Waals surface area (Å²) < 4.78 is 10.7. The molecule has 1 atom stereocenters. The van der Waals surface area contributed by atoms with Crippen LogP contribution in [-0.2, 0) is 13.0 Å². The van der Waals surface area contributed by atoms with Gasteiger partial charge in [0.05, 0.1) is 12.6 Å². The van der Waals surface area contributed by atoms with Gasteiger partial charge in [-0.1, -0.05) is 17.2 Å². The van der Waals surface area contributed by atoms with E-state index in [4.69, 9.17) is 9.05 Å². The fourth-order valence-corrected chi connectivity index (χ4v) is 3.07. The van der Waals surface area contributed by atoms with Gasteiger partial charge in [-0.05, 0) is 19.8 Å². The van der Waals surface area contributed by atoms with Crippen molar-refractivity contribution < 1.29 is 9.05 Å². The first-order valence-corrected chi connectivity index (χ1v) is 8.84. The zero-order valence-corrected chi connectivity index (χ0v) is 14.3. The van der Waals surface area contributed by atoms with E-state index in [0.29, 0.717) is 11.8 Å². The predicted octanol–water partition coefficient (Wildman–Crippen LogP) is 1.77. The Bertz CT molecular complexity index is 672. The van der Waals surface area contributed by atoms with Crippen LogP contribution in [0.4, 0.5) is 0 Å². The smallest absolute Gasteiger partial charge is 0.243 e. The van der Waals surface area contributed by atoms with Gasteiger partial charge in [0.2, 0.25) is 11.8 Å². The van der Waals surface area contributed by atoms with Crippen LogP contribution in [0.15, 0.2) is 9.05 Å². The highest BCUT2D eigenvalue weighted by atomic mass is 16.5. The zero-order valence-electron chi connectivity index (χ0n) is 14.3. The molecule has 0 radical (unpaired) electrons. The average molecular weight is 332 g/mol. The molecule has 0 amide bonds. The molecular formula is C16H24N6O2. The highest BCUT2D eigenvalue weighted by molar-refractivity contribution is 5.02. The number of nitrogens with zero attached hydrogens (tertiary/aromatic N) is 6. The molecule has 1 aliphatic heterocycles. The van der Waals surface area contributed by atoms with Gasteiger partial charge in [0.1, 0.15) is 0 Å². The Hall–Kier alpha value is -1.80. The van der Waals surface area contributed by atoms with Crippen LogP contribution >= 0.6 is 0 Å². The summed E-state index contributed by atoms with van der Waals surface area (Å²) in [7, 11) is 0. The number of hydrogen-bond donors (Lipinski definition) is 0. The van der Waals surface area contributed by atoms with Crippen molar-refractivity contribution in [1.82, 2.24) is 30.1 Å². The van der Waals surface area contributed by atoms with Crippen LogP contribution < -0.4 is 0 Å². The summed E-state index contributed by atoms with van der Waals surface area (Å²) in [6, 6.07) is 0.159. The molecule has 0 unspecified atom stereocenters. The van der Waals surface area contributed by atoms with Crippen molar-refractivity contribution in [1.29, 1.82) is 0 Å². The van der Waals surface area contributed by atoms with Crippen molar-refractivity contribution in [3.05, 3.63) is 23.4 Å². The van der Waals surface area contributed by atoms with Crippen molar-refractivity contribution in [2.45, 2.75) is 51.6 Å². The normalized spacial score (nSPS) is 21.2. The van der Waals surface area contributed by atoms with Crippen LogP contribution in [0.25, 0.3) is 0 Å². The number of aromatic nitrogens is 4. The van der Waals surface area contributed by atoms with Crippen molar-refractivity contribution >= 4 is 0 Å². The van der Waals surface area contributed by atoms with Crippen LogP contribution in [-0.4, -0.2) is 56.3 Å². The Morgan fingerprint density at radius 2 is 1.79 bits per heavy atom. The van der Waals surface area contributed by atoms with Gasteiger partial charge in [-0.15, -0.1) is 0 Å². The maximum Gasteiger partial charge on any atom is 0.243 e. The molecule has 2 aliphatic rings. The number of rotatable bonds is 6. The predicted molar refractivity (Wildman–Crippen MR) is 85.2 cm³/mol. The summed E-state index contributed by atoms with van der Waals surface area (Å²) in [6.45, 7) is 8.82. The minimum absolute atomic E-state index is 0.159. The second kappa shape index (κ2) is 6.60. The lowest BCUT2D eigenvalue weighted by molar-refractivity contribution is 0.0827. The minimum atomic E-state index is 0.159. The van der Waals surface area contributed by atoms with E-state index < -0.39 is 0 Å². The lowest BCUT2D eigenvalue weighted by atomic mass is 10.2. The molecule has 8 heteroatoms. The molecule has 0 bridgehead atoms. The second-order valence-electron chi connectivity index (χ2n) is 6.71. The third kappa shape index (κ3) is 3.34. The number of aryl methyl sites for hydroxylation is 1. The number of piperazine rings is 1. The molecule has 0 spiro atoms. The third-order valence-electron chi connectivity index (χ3n) is 4.89. The lowest BCUT2D eigenvalue weighted by Crippen LogP contribution is -2.46. The summed E-state index contributed by atoms with van der Waals surface area (Å²) >= 11 is 0. The SMILES string of the molecule is CCc1noc([C@@H](C)N2CCN(Cc3noc(C4CC4)n3)CC2)n1. The van der Waals surface area contributed by atoms with E-state index in [2.05, 4.69) is 37.0 Å². The molecular weight excluding hydrogens is 308 g/mol. The summed E-state index contributed by atoms with van der Waals surface area (Å²) in [5, 5.41) is 8.10. The van der Waals surface area contributed by atoms with Crippen molar-refractivity contribution in [3.8, 4) is 0 Å². The van der Waals surface area contributed by atoms with Crippen LogP contribution in [0.1, 0.15) is 62.1 Å². The van der Waals surface area contributed by atoms with Gasteiger partial charge in [0, 0.05) is 38.5 Å². The highest BCUT2D eigenvalue weighted by Crippen LogP contribution is 2.38. The van der Waals surface area contributed by atoms with Gasteiger partial charge < -0.3 is 9.05 Å². The third-order valence-corrected chi connectivity index (χ3v) is 4.89. The van der Waals surface area contributed by atoms with E-state index in [1.165, 1.54) is 12.8 Å². The molecule has 2 aromatic heterocycles. The first kappa shape index (κ1) is 15.7. The molecule has 8 nitrogen and oxygen atoms in total. The Balaban J connectivity index is 1.29. The molecule has 2 fully saturated rings. The fraction of sp³-hybridized carbons (Fsp3) is 0.750. The van der Waals surface area contributed by atoms with Crippen LogP contribution in [0, 0.1) is 0 Å². The first-order valence-electron chi connectivity index (χ1n) is 8.84. The van der Waals surface area contributed by atoms with Crippen LogP contribution in [0.2, 0.25) is 0 Å². The highest BCUT2D eigenvalue weighted by Gasteiger charge is 2.30. The van der Waals surface area contributed by atoms with Gasteiger partial charge in [0.25, 0.3) is 0 Å². The van der Waals surface area contributed by atoms with Crippen molar-refractivity contribution in [3.63, 3.8) is 0 Å². The van der Waals surface area contributed by atoms with E-state index in [0.717, 1.165) is 56.7 Å². The Labute approximate surface area is 141 Å². The molecule has 1 aliphatic carbocycles. The van der Waals surface area contributed by atoms with Gasteiger partial charge in [-0.2, -0.15) is 9.97 Å². The molecule has 3 heterocycles. The Kier molecular flexibility index (Phi) is 4.32. The molecule has 2 aromatic rings. The molecule has 1 saturated heterocycles. The van der Waals surface area contributed by atoms with Gasteiger partial charge >= 0.3 is 0 Å². The van der Waals surface area contributed by atoms with E-state index in [9.17, 15) is 0 Å². The summed E-state index contributed by atoms with van der Waals surface area (Å²) in [5.41, 5.74) is 0. The first-order chi connectivity index (χ1) is 11.7. The largest absolute Gasteiger partial charge is 0.339 e. The minimum Gasteiger partial charge on any atom is -0.339 e. The van der Waals surface area contributed by atoms with E-state index in [-0.39, 0.29) is 6.04 Å². The zero-order chi connectivity index (χ0) is 16.5. The monoisotopic (exact) mass is 332 g/mol. The summed E-state index contributed by atoms with van der Waals surface area (Å²) in [6.07, 6.45) is 3.18. The molecule has 0 N–H and O–H groups in total. The molecule has 130 valence electrons. The van der Waals surface area contributed by atoms with Gasteiger partial charge in [-0.25, -0.2) is 0 Å². The maximum absolute atomic E-state index is 5.38. The van der Waals surface area contributed by atoms with Crippen LogP contribution in [0.5, 0.6) is 0 Å². The number of hydrogen-bond acceptors (Lipinski definition) is 8. The van der Waals surface area contributed by atoms with Gasteiger partial charge in [-0.3, -0.25) is 9.80 Å². The van der Waals surface area contributed by atoms with Crippen molar-refractivity contribution in [2.24, 2.45) is 0 Å². The van der Waals surface area contributed by atoms with Crippen molar-refractivity contribution in [2.75, 3.05) is 26.2 Å². The molecule has 0 aromatic carbocycles. The summed E-state index contributed by atoms with van der Waals surface area (Å²) in [4.78, 5) is 13.7. The maximum atomic E-state index is 5.38. The lowest BCUT2D eigenvalue weighted by Gasteiger charge is -2.36. The Morgan fingerprint density at radius 1 is 1.04 bits per heavy atom. The fourth-order valence-electron chi connectivity index (χ4n) is 3.07. The average Bonchev–Trinajstić information content (AvgIpc) is 3.17. The Morgan fingerprint density at radius 3 is 2.46 bits per heavy atom. The molecule has 1 saturated carbocycles.